The molecule has 2 N–H and O–H groups in total. The van der Waals surface area contributed by atoms with E-state index in [1.807, 2.05) is 30.3 Å². The second kappa shape index (κ2) is 9.56. The van der Waals surface area contributed by atoms with E-state index in [-0.39, 0.29) is 13.1 Å². The minimum atomic E-state index is -0.774. The Morgan fingerprint density at radius 2 is 1.64 bits per heavy atom. The number of nitrogens with zero attached hydrogens (tertiary/aromatic N) is 1. The van der Waals surface area contributed by atoms with E-state index in [0.717, 1.165) is 5.56 Å². The number of benzene rings is 2. The van der Waals surface area contributed by atoms with Gasteiger partial charge in [0.05, 0.1) is 12.7 Å². The van der Waals surface area contributed by atoms with Crippen molar-refractivity contribution in [3.8, 4) is 0 Å². The molecule has 0 fully saturated rings. The Balaban J connectivity index is 2.19. The molecule has 1 unspecified atom stereocenters. The lowest BCUT2D eigenvalue weighted by molar-refractivity contribution is -0.173. The van der Waals surface area contributed by atoms with Crippen molar-refractivity contribution >= 4 is 11.9 Å². The van der Waals surface area contributed by atoms with Crippen LogP contribution in [0.2, 0.25) is 0 Å². The van der Waals surface area contributed by atoms with Crippen molar-refractivity contribution in [2.75, 3.05) is 20.2 Å². The summed E-state index contributed by atoms with van der Waals surface area (Å²) in [4.78, 5) is 30.0. The Kier molecular flexibility index (Phi) is 7.13. The van der Waals surface area contributed by atoms with Gasteiger partial charge in [-0.25, -0.2) is 4.79 Å². The second-order valence-corrected chi connectivity index (χ2v) is 5.40. The number of rotatable bonds is 8. The molecule has 0 spiro atoms. The lowest BCUT2D eigenvalue weighted by Gasteiger charge is -2.27. The summed E-state index contributed by atoms with van der Waals surface area (Å²) >= 11 is 0. The van der Waals surface area contributed by atoms with Crippen molar-refractivity contribution in [1.29, 1.82) is 0 Å². The first-order chi connectivity index (χ1) is 12.2. The molecule has 0 saturated carbocycles. The molecule has 132 valence electrons. The Labute approximate surface area is 147 Å². The van der Waals surface area contributed by atoms with Gasteiger partial charge in [-0.3, -0.25) is 4.79 Å². The highest BCUT2D eigenvalue weighted by atomic mass is 16.7. The summed E-state index contributed by atoms with van der Waals surface area (Å²) in [7, 11) is 1.31. The third-order valence-corrected chi connectivity index (χ3v) is 3.65. The molecule has 1 atom stereocenters. The van der Waals surface area contributed by atoms with Crippen molar-refractivity contribution in [1.82, 2.24) is 5.06 Å². The maximum atomic E-state index is 12.3. The maximum absolute atomic E-state index is 12.3. The third-order valence-electron chi connectivity index (χ3n) is 3.65. The first-order valence-electron chi connectivity index (χ1n) is 8.01. The number of carbonyl (C=O) groups excluding carboxylic acids is 2. The molecule has 6 nitrogen and oxygen atoms in total. The summed E-state index contributed by atoms with van der Waals surface area (Å²) in [6.07, 6.45) is 0.343. The molecule has 0 aliphatic rings. The fourth-order valence-corrected chi connectivity index (χ4v) is 2.40. The first-order valence-corrected chi connectivity index (χ1v) is 8.01. The van der Waals surface area contributed by atoms with Gasteiger partial charge in [-0.2, -0.15) is 0 Å². The molecule has 2 aromatic carbocycles. The Morgan fingerprint density at radius 3 is 2.20 bits per heavy atom. The highest BCUT2D eigenvalue weighted by Crippen LogP contribution is 2.13. The molecule has 2 rings (SSSR count). The zero-order chi connectivity index (χ0) is 18.1. The molecule has 0 amide bonds. The van der Waals surface area contributed by atoms with E-state index >= 15 is 0 Å². The summed E-state index contributed by atoms with van der Waals surface area (Å²) < 4.78 is 4.89. The van der Waals surface area contributed by atoms with E-state index < -0.39 is 18.0 Å². The van der Waals surface area contributed by atoms with Crippen molar-refractivity contribution in [2.24, 2.45) is 5.73 Å². The van der Waals surface area contributed by atoms with Crippen LogP contribution in [-0.2, 0) is 20.8 Å². The Hall–Kier alpha value is -2.70. The van der Waals surface area contributed by atoms with Crippen LogP contribution in [0, 0.1) is 0 Å². The maximum Gasteiger partial charge on any atom is 0.357 e. The molecular formula is C19H22N2O4. The molecule has 25 heavy (non-hydrogen) atoms. The zero-order valence-corrected chi connectivity index (χ0v) is 14.1. The van der Waals surface area contributed by atoms with Crippen molar-refractivity contribution in [2.45, 2.75) is 12.5 Å². The van der Waals surface area contributed by atoms with Gasteiger partial charge >= 0.3 is 11.9 Å². The molecule has 0 bridgehead atoms. The van der Waals surface area contributed by atoms with Crippen molar-refractivity contribution in [3.05, 3.63) is 71.8 Å². The first kappa shape index (κ1) is 18.6. The minimum Gasteiger partial charge on any atom is -0.468 e. The number of hydrogen-bond acceptors (Lipinski definition) is 6. The van der Waals surface area contributed by atoms with Crippen LogP contribution in [0.25, 0.3) is 0 Å². The SMILES string of the molecule is COC(=O)C(Cc1ccccc1)N(CCN)OC(=O)c1ccccc1. The van der Waals surface area contributed by atoms with Crippen LogP contribution >= 0.6 is 0 Å². The van der Waals surface area contributed by atoms with Crippen LogP contribution < -0.4 is 5.73 Å². The predicted molar refractivity (Wildman–Crippen MR) is 93.6 cm³/mol. The molecule has 6 heteroatoms. The highest BCUT2D eigenvalue weighted by molar-refractivity contribution is 5.89. The van der Waals surface area contributed by atoms with Crippen LogP contribution in [0.15, 0.2) is 60.7 Å². The number of carbonyl (C=O) groups is 2. The fourth-order valence-electron chi connectivity index (χ4n) is 2.40. The summed E-state index contributed by atoms with van der Waals surface area (Å²) in [5.74, 6) is -1.03. The lowest BCUT2D eigenvalue weighted by atomic mass is 10.1. The number of hydroxylamine groups is 2. The van der Waals surface area contributed by atoms with E-state index in [1.165, 1.54) is 12.2 Å². The van der Waals surface area contributed by atoms with Crippen LogP contribution in [0.3, 0.4) is 0 Å². The summed E-state index contributed by atoms with van der Waals surface area (Å²) in [6, 6.07) is 17.3. The summed E-state index contributed by atoms with van der Waals surface area (Å²) in [6.45, 7) is 0.440. The van der Waals surface area contributed by atoms with Gasteiger partial charge in [-0.15, -0.1) is 5.06 Å². The van der Waals surface area contributed by atoms with E-state index in [2.05, 4.69) is 0 Å². The molecule has 0 heterocycles. The van der Waals surface area contributed by atoms with Crippen LogP contribution in [0.5, 0.6) is 0 Å². The van der Waals surface area contributed by atoms with Gasteiger partial charge in [-0.05, 0) is 17.7 Å². The van der Waals surface area contributed by atoms with Crippen molar-refractivity contribution < 1.29 is 19.2 Å². The third kappa shape index (κ3) is 5.41. The number of hydrogen-bond donors (Lipinski definition) is 1. The topological polar surface area (TPSA) is 81.9 Å². The molecule has 0 aromatic heterocycles. The van der Waals surface area contributed by atoms with Crippen LogP contribution in [0.4, 0.5) is 0 Å². The van der Waals surface area contributed by atoms with E-state index in [0.29, 0.717) is 12.0 Å². The van der Waals surface area contributed by atoms with Crippen LogP contribution in [0.1, 0.15) is 15.9 Å². The average Bonchev–Trinajstić information content (AvgIpc) is 2.66. The van der Waals surface area contributed by atoms with Gasteiger partial charge < -0.3 is 15.3 Å². The molecule has 0 aliphatic carbocycles. The molecular weight excluding hydrogens is 320 g/mol. The van der Waals surface area contributed by atoms with Crippen molar-refractivity contribution in [3.63, 3.8) is 0 Å². The largest absolute Gasteiger partial charge is 0.468 e. The quantitative estimate of drug-likeness (QED) is 0.582. The average molecular weight is 342 g/mol. The number of ether oxygens (including phenoxy) is 1. The summed E-state index contributed by atoms with van der Waals surface area (Å²) in [5.41, 5.74) is 6.95. The molecule has 2 aromatic rings. The van der Waals surface area contributed by atoms with E-state index in [1.54, 1.807) is 30.3 Å². The second-order valence-electron chi connectivity index (χ2n) is 5.40. The van der Waals surface area contributed by atoms with Gasteiger partial charge in [0.15, 0.2) is 0 Å². The monoisotopic (exact) mass is 342 g/mol. The van der Waals surface area contributed by atoms with E-state index in [4.69, 9.17) is 15.3 Å². The Morgan fingerprint density at radius 1 is 1.04 bits per heavy atom. The number of methoxy groups -OCH3 is 1. The van der Waals surface area contributed by atoms with Crippen LogP contribution in [-0.4, -0.2) is 43.2 Å². The number of nitrogens with two attached hydrogens (primary N) is 1. The highest BCUT2D eigenvalue weighted by Gasteiger charge is 2.30. The molecule has 0 radical (unpaired) electrons. The number of esters is 1. The molecule has 0 aliphatic heterocycles. The van der Waals surface area contributed by atoms with Gasteiger partial charge in [-0.1, -0.05) is 48.5 Å². The van der Waals surface area contributed by atoms with Gasteiger partial charge in [0.25, 0.3) is 0 Å². The zero-order valence-electron chi connectivity index (χ0n) is 14.1. The predicted octanol–water partition coefficient (Wildman–Crippen LogP) is 1.80. The van der Waals surface area contributed by atoms with E-state index in [9.17, 15) is 9.59 Å². The van der Waals surface area contributed by atoms with Gasteiger partial charge in [0.1, 0.15) is 6.04 Å². The van der Waals surface area contributed by atoms with Gasteiger partial charge in [0, 0.05) is 19.5 Å². The normalized spacial score (nSPS) is 11.8. The smallest absolute Gasteiger partial charge is 0.357 e. The van der Waals surface area contributed by atoms with Gasteiger partial charge in [0.2, 0.25) is 0 Å². The minimum absolute atomic E-state index is 0.213. The standard InChI is InChI=1S/C19H22N2O4/c1-24-19(23)17(14-15-8-4-2-5-9-15)21(13-12-20)25-18(22)16-10-6-3-7-11-16/h2-11,17H,12-14,20H2,1H3. The Bertz CT molecular complexity index is 676. The fraction of sp³-hybridized carbons (Fsp3) is 0.263. The lowest BCUT2D eigenvalue weighted by Crippen LogP contribution is -2.46. The summed E-state index contributed by atoms with van der Waals surface area (Å²) in [5, 5.41) is 1.30. The molecule has 0 saturated heterocycles.